The summed E-state index contributed by atoms with van der Waals surface area (Å²) >= 11 is 0. The standard InChI is InChI=1S/C8H13F5/c1-5(2)6(3,7(4,9)10)8(11,12)13/h5H,1-4H3. The van der Waals surface area contributed by atoms with Crippen LogP contribution in [0.15, 0.2) is 0 Å². The lowest BCUT2D eigenvalue weighted by atomic mass is 9.73. The molecule has 1 unspecified atom stereocenters. The molecule has 0 heterocycles. The minimum atomic E-state index is -4.89. The lowest BCUT2D eigenvalue weighted by molar-refractivity contribution is -0.302. The van der Waals surface area contributed by atoms with Crippen molar-refractivity contribution in [1.82, 2.24) is 0 Å². The molecule has 0 saturated carbocycles. The zero-order valence-corrected chi connectivity index (χ0v) is 7.97. The first-order valence-electron chi connectivity index (χ1n) is 3.89. The van der Waals surface area contributed by atoms with Crippen molar-refractivity contribution in [3.63, 3.8) is 0 Å². The minimum Gasteiger partial charge on any atom is -0.206 e. The molecule has 0 aliphatic heterocycles. The Hall–Kier alpha value is -0.350. The van der Waals surface area contributed by atoms with Crippen LogP contribution >= 0.6 is 0 Å². The first-order chi connectivity index (χ1) is 5.44. The number of hydrogen-bond acceptors (Lipinski definition) is 0. The third-order valence-electron chi connectivity index (χ3n) is 2.66. The van der Waals surface area contributed by atoms with Crippen LogP contribution in [-0.4, -0.2) is 12.1 Å². The fourth-order valence-corrected chi connectivity index (χ4v) is 1.08. The Morgan fingerprint density at radius 2 is 1.15 bits per heavy atom. The molecule has 0 bridgehead atoms. The van der Waals surface area contributed by atoms with Gasteiger partial charge in [0, 0.05) is 6.92 Å². The van der Waals surface area contributed by atoms with E-state index < -0.39 is 23.4 Å². The van der Waals surface area contributed by atoms with Crippen LogP contribution < -0.4 is 0 Å². The normalized spacial score (nSPS) is 18.9. The molecule has 1 atom stereocenters. The predicted octanol–water partition coefficient (Wildman–Crippen LogP) is 3.87. The Morgan fingerprint density at radius 1 is 0.846 bits per heavy atom. The van der Waals surface area contributed by atoms with Gasteiger partial charge in [-0.2, -0.15) is 13.2 Å². The van der Waals surface area contributed by atoms with Gasteiger partial charge < -0.3 is 0 Å². The molecule has 0 rings (SSSR count). The number of halogens is 5. The zero-order chi connectivity index (χ0) is 11.1. The third-order valence-corrected chi connectivity index (χ3v) is 2.66. The van der Waals surface area contributed by atoms with Gasteiger partial charge in [-0.25, -0.2) is 8.78 Å². The van der Waals surface area contributed by atoms with E-state index in [1.54, 1.807) is 0 Å². The molecule has 0 N–H and O–H groups in total. The first-order valence-corrected chi connectivity index (χ1v) is 3.89. The highest BCUT2D eigenvalue weighted by molar-refractivity contribution is 4.94. The molecule has 0 fully saturated rings. The van der Waals surface area contributed by atoms with Crippen LogP contribution in [-0.2, 0) is 0 Å². The summed E-state index contributed by atoms with van der Waals surface area (Å²) in [6.07, 6.45) is -4.89. The Labute approximate surface area is 74.1 Å². The Morgan fingerprint density at radius 3 is 1.15 bits per heavy atom. The summed E-state index contributed by atoms with van der Waals surface area (Å²) in [5, 5.41) is 0. The molecule has 0 aromatic rings. The van der Waals surface area contributed by atoms with Crippen molar-refractivity contribution in [1.29, 1.82) is 0 Å². The molecule has 0 spiro atoms. The van der Waals surface area contributed by atoms with Gasteiger partial charge in [0.05, 0.1) is 0 Å². The fourth-order valence-electron chi connectivity index (χ4n) is 1.08. The van der Waals surface area contributed by atoms with Crippen LogP contribution in [0.1, 0.15) is 27.7 Å². The van der Waals surface area contributed by atoms with E-state index in [2.05, 4.69) is 0 Å². The van der Waals surface area contributed by atoms with Crippen LogP contribution in [0.3, 0.4) is 0 Å². The highest BCUT2D eigenvalue weighted by Crippen LogP contribution is 2.53. The van der Waals surface area contributed by atoms with E-state index in [9.17, 15) is 22.0 Å². The van der Waals surface area contributed by atoms with Gasteiger partial charge >= 0.3 is 6.18 Å². The van der Waals surface area contributed by atoms with Crippen molar-refractivity contribution in [2.45, 2.75) is 39.8 Å². The van der Waals surface area contributed by atoms with Gasteiger partial charge in [-0.15, -0.1) is 0 Å². The lowest BCUT2D eigenvalue weighted by Gasteiger charge is -2.40. The summed E-state index contributed by atoms with van der Waals surface area (Å²) in [7, 11) is 0. The van der Waals surface area contributed by atoms with Crippen LogP contribution in [0.2, 0.25) is 0 Å². The molecule has 80 valence electrons. The molecule has 0 aliphatic carbocycles. The minimum absolute atomic E-state index is 0.306. The average molecular weight is 204 g/mol. The summed E-state index contributed by atoms with van der Waals surface area (Å²) in [5.41, 5.74) is -2.96. The van der Waals surface area contributed by atoms with E-state index >= 15 is 0 Å². The molecule has 0 radical (unpaired) electrons. The number of rotatable bonds is 2. The number of alkyl halides is 5. The molecule has 13 heavy (non-hydrogen) atoms. The Bertz CT molecular complexity index is 160. The van der Waals surface area contributed by atoms with Crippen LogP contribution in [0.5, 0.6) is 0 Å². The summed E-state index contributed by atoms with van der Waals surface area (Å²) in [5.74, 6) is -4.92. The van der Waals surface area contributed by atoms with Gasteiger partial charge in [0.15, 0.2) is 0 Å². The summed E-state index contributed by atoms with van der Waals surface area (Å²) in [4.78, 5) is 0. The molecule has 0 saturated heterocycles. The number of hydrogen-bond donors (Lipinski definition) is 0. The molecule has 0 nitrogen and oxygen atoms in total. The zero-order valence-electron chi connectivity index (χ0n) is 7.97. The molecule has 0 aliphatic rings. The second-order valence-corrected chi connectivity index (χ2v) is 3.74. The maximum atomic E-state index is 12.8. The summed E-state index contributed by atoms with van der Waals surface area (Å²) < 4.78 is 62.7. The fraction of sp³-hybridized carbons (Fsp3) is 1.00. The van der Waals surface area contributed by atoms with E-state index in [1.807, 2.05) is 0 Å². The topological polar surface area (TPSA) is 0 Å². The van der Waals surface area contributed by atoms with Crippen molar-refractivity contribution >= 4 is 0 Å². The van der Waals surface area contributed by atoms with Crippen molar-refractivity contribution in [2.75, 3.05) is 0 Å². The summed E-state index contributed by atoms with van der Waals surface area (Å²) in [6.45, 7) is 3.15. The van der Waals surface area contributed by atoms with Crippen LogP contribution in [0.4, 0.5) is 22.0 Å². The maximum Gasteiger partial charge on any atom is 0.400 e. The second-order valence-electron chi connectivity index (χ2n) is 3.74. The quantitative estimate of drug-likeness (QED) is 0.599. The van der Waals surface area contributed by atoms with Crippen LogP contribution in [0.25, 0.3) is 0 Å². The van der Waals surface area contributed by atoms with E-state index in [1.165, 1.54) is 0 Å². The molecule has 0 aromatic heterocycles. The molecular weight excluding hydrogens is 191 g/mol. The van der Waals surface area contributed by atoms with E-state index in [0.717, 1.165) is 13.8 Å². The van der Waals surface area contributed by atoms with Gasteiger partial charge in [0.1, 0.15) is 5.41 Å². The van der Waals surface area contributed by atoms with E-state index in [0.29, 0.717) is 13.8 Å². The monoisotopic (exact) mass is 204 g/mol. The van der Waals surface area contributed by atoms with Gasteiger partial charge in [0.2, 0.25) is 0 Å². The van der Waals surface area contributed by atoms with E-state index in [4.69, 9.17) is 0 Å². The third kappa shape index (κ3) is 1.94. The highest BCUT2D eigenvalue weighted by Gasteiger charge is 2.65. The van der Waals surface area contributed by atoms with E-state index in [-0.39, 0.29) is 0 Å². The van der Waals surface area contributed by atoms with Gasteiger partial charge in [-0.3, -0.25) is 0 Å². The van der Waals surface area contributed by atoms with Gasteiger partial charge in [-0.05, 0) is 12.8 Å². The molecular formula is C8H13F5. The van der Waals surface area contributed by atoms with Gasteiger partial charge in [0.25, 0.3) is 5.92 Å². The van der Waals surface area contributed by atoms with Crippen molar-refractivity contribution in [3.8, 4) is 0 Å². The van der Waals surface area contributed by atoms with Crippen molar-refractivity contribution in [2.24, 2.45) is 11.3 Å². The Balaban J connectivity index is 5.22. The molecule has 0 aromatic carbocycles. The molecule has 5 heteroatoms. The summed E-state index contributed by atoms with van der Waals surface area (Å²) in [6, 6.07) is 0. The second kappa shape index (κ2) is 3.10. The SMILES string of the molecule is CC(C)C(C)(C(C)(F)F)C(F)(F)F. The van der Waals surface area contributed by atoms with Crippen molar-refractivity contribution < 1.29 is 22.0 Å². The predicted molar refractivity (Wildman–Crippen MR) is 39.6 cm³/mol. The Kier molecular flexibility index (Phi) is 3.02. The average Bonchev–Trinajstić information content (AvgIpc) is 1.80. The highest BCUT2D eigenvalue weighted by atomic mass is 19.4. The smallest absolute Gasteiger partial charge is 0.206 e. The maximum absolute atomic E-state index is 12.8. The first kappa shape index (κ1) is 12.7. The molecule has 0 amide bonds. The largest absolute Gasteiger partial charge is 0.400 e. The lowest BCUT2D eigenvalue weighted by Crippen LogP contribution is -2.51. The van der Waals surface area contributed by atoms with Crippen molar-refractivity contribution in [3.05, 3.63) is 0 Å². The van der Waals surface area contributed by atoms with Gasteiger partial charge in [-0.1, -0.05) is 13.8 Å². The van der Waals surface area contributed by atoms with Crippen LogP contribution in [0, 0.1) is 11.3 Å².